The molecule has 1 aromatic carbocycles. The van der Waals surface area contributed by atoms with Crippen LogP contribution in [0, 0.1) is 6.92 Å². The molecule has 0 bridgehead atoms. The molecule has 1 unspecified atom stereocenters. The van der Waals surface area contributed by atoms with Gasteiger partial charge in [0.25, 0.3) is 0 Å². The fraction of sp³-hybridized carbons (Fsp3) is 0.471. The summed E-state index contributed by atoms with van der Waals surface area (Å²) < 4.78 is 5.19. The van der Waals surface area contributed by atoms with Gasteiger partial charge in [-0.25, -0.2) is 4.98 Å². The number of aromatic nitrogens is 1. The van der Waals surface area contributed by atoms with Crippen molar-refractivity contribution in [1.29, 1.82) is 0 Å². The Kier molecular flexibility index (Phi) is 5.91. The molecule has 4 heteroatoms. The third-order valence-electron chi connectivity index (χ3n) is 3.75. The van der Waals surface area contributed by atoms with E-state index in [4.69, 9.17) is 9.72 Å². The van der Waals surface area contributed by atoms with Gasteiger partial charge in [-0.1, -0.05) is 37.3 Å². The lowest BCUT2D eigenvalue weighted by Crippen LogP contribution is -2.45. The molecule has 1 heterocycles. The van der Waals surface area contributed by atoms with Crippen LogP contribution in [0.25, 0.3) is 0 Å². The Balaban J connectivity index is 2.27. The highest BCUT2D eigenvalue weighted by molar-refractivity contribution is 7.09. The second-order valence-corrected chi connectivity index (χ2v) is 6.17. The molecule has 1 atom stereocenters. The van der Waals surface area contributed by atoms with Gasteiger partial charge in [-0.2, -0.15) is 0 Å². The summed E-state index contributed by atoms with van der Waals surface area (Å²) in [5.41, 5.74) is 2.31. The molecule has 0 fully saturated rings. The molecular weight excluding hydrogens is 280 g/mol. The first-order valence-corrected chi connectivity index (χ1v) is 8.28. The van der Waals surface area contributed by atoms with Crippen LogP contribution in [0.3, 0.4) is 0 Å². The van der Waals surface area contributed by atoms with Crippen LogP contribution in [0.2, 0.25) is 0 Å². The summed E-state index contributed by atoms with van der Waals surface area (Å²) in [6.07, 6.45) is 1.94. The first kappa shape index (κ1) is 16.1. The zero-order valence-corrected chi connectivity index (χ0v) is 13.9. The SMILES string of the molecule is CCC(Cc1ccccc1)(NCCOC)c1nc(C)cs1. The van der Waals surface area contributed by atoms with Gasteiger partial charge in [0.05, 0.1) is 12.1 Å². The summed E-state index contributed by atoms with van der Waals surface area (Å²) >= 11 is 1.74. The summed E-state index contributed by atoms with van der Waals surface area (Å²) in [7, 11) is 1.74. The first-order chi connectivity index (χ1) is 10.2. The van der Waals surface area contributed by atoms with Gasteiger partial charge in [-0.3, -0.25) is 0 Å². The summed E-state index contributed by atoms with van der Waals surface area (Å²) in [5.74, 6) is 0. The highest BCUT2D eigenvalue weighted by Gasteiger charge is 2.32. The van der Waals surface area contributed by atoms with Crippen molar-refractivity contribution >= 4 is 11.3 Å². The lowest BCUT2D eigenvalue weighted by Gasteiger charge is -2.32. The summed E-state index contributed by atoms with van der Waals surface area (Å²) in [6, 6.07) is 10.6. The van der Waals surface area contributed by atoms with Gasteiger partial charge in [0, 0.05) is 24.7 Å². The van der Waals surface area contributed by atoms with E-state index in [1.807, 2.05) is 0 Å². The maximum atomic E-state index is 5.19. The van der Waals surface area contributed by atoms with E-state index in [9.17, 15) is 0 Å². The molecule has 0 saturated heterocycles. The molecule has 0 aliphatic rings. The molecule has 0 aliphatic carbocycles. The second kappa shape index (κ2) is 7.69. The second-order valence-electron chi connectivity index (χ2n) is 5.31. The highest BCUT2D eigenvalue weighted by Crippen LogP contribution is 2.31. The highest BCUT2D eigenvalue weighted by atomic mass is 32.1. The van der Waals surface area contributed by atoms with Gasteiger partial charge >= 0.3 is 0 Å². The van der Waals surface area contributed by atoms with Crippen LogP contribution in [-0.2, 0) is 16.7 Å². The molecule has 0 aliphatic heterocycles. The number of ether oxygens (including phenoxy) is 1. The molecule has 2 aromatic rings. The van der Waals surface area contributed by atoms with Crippen molar-refractivity contribution in [2.75, 3.05) is 20.3 Å². The number of aryl methyl sites for hydroxylation is 1. The number of rotatable bonds is 8. The smallest absolute Gasteiger partial charge is 0.113 e. The van der Waals surface area contributed by atoms with E-state index in [1.165, 1.54) is 10.6 Å². The van der Waals surface area contributed by atoms with E-state index < -0.39 is 0 Å². The Bertz CT molecular complexity index is 541. The van der Waals surface area contributed by atoms with Gasteiger partial charge < -0.3 is 10.1 Å². The number of nitrogens with zero attached hydrogens (tertiary/aromatic N) is 1. The maximum Gasteiger partial charge on any atom is 0.113 e. The van der Waals surface area contributed by atoms with Crippen molar-refractivity contribution in [2.45, 2.75) is 32.2 Å². The predicted octanol–water partition coefficient (Wildman–Crippen LogP) is 3.54. The van der Waals surface area contributed by atoms with Crippen LogP contribution in [0.15, 0.2) is 35.7 Å². The van der Waals surface area contributed by atoms with E-state index in [2.05, 4.69) is 54.9 Å². The Labute approximate surface area is 131 Å². The Morgan fingerprint density at radius 1 is 1.29 bits per heavy atom. The maximum absolute atomic E-state index is 5.19. The van der Waals surface area contributed by atoms with E-state index in [0.29, 0.717) is 6.61 Å². The summed E-state index contributed by atoms with van der Waals surface area (Å²) in [4.78, 5) is 4.74. The Morgan fingerprint density at radius 3 is 2.62 bits per heavy atom. The molecular formula is C17H24N2OS. The zero-order valence-electron chi connectivity index (χ0n) is 13.1. The van der Waals surface area contributed by atoms with E-state index in [0.717, 1.165) is 25.1 Å². The number of hydrogen-bond acceptors (Lipinski definition) is 4. The average molecular weight is 304 g/mol. The van der Waals surface area contributed by atoms with Crippen molar-refractivity contribution in [2.24, 2.45) is 0 Å². The van der Waals surface area contributed by atoms with Gasteiger partial charge in [0.15, 0.2) is 0 Å². The van der Waals surface area contributed by atoms with Crippen LogP contribution < -0.4 is 5.32 Å². The quantitative estimate of drug-likeness (QED) is 0.758. The Morgan fingerprint density at radius 2 is 2.05 bits per heavy atom. The van der Waals surface area contributed by atoms with Crippen LogP contribution in [0.5, 0.6) is 0 Å². The lowest BCUT2D eigenvalue weighted by molar-refractivity contribution is 0.181. The standard InChI is InChI=1S/C17H24N2OS/c1-4-17(18-10-11-20-3,16-19-14(2)13-21-16)12-15-8-6-5-7-9-15/h5-9,13,18H,4,10-12H2,1-3H3. The van der Waals surface area contributed by atoms with E-state index in [1.54, 1.807) is 18.4 Å². The number of hydrogen-bond donors (Lipinski definition) is 1. The molecule has 21 heavy (non-hydrogen) atoms. The minimum Gasteiger partial charge on any atom is -0.383 e. The molecule has 0 amide bonds. The Hall–Kier alpha value is -1.23. The van der Waals surface area contributed by atoms with Crippen molar-refractivity contribution < 1.29 is 4.74 Å². The molecule has 1 aromatic heterocycles. The predicted molar refractivity (Wildman–Crippen MR) is 88.8 cm³/mol. The van der Waals surface area contributed by atoms with Crippen LogP contribution in [-0.4, -0.2) is 25.2 Å². The van der Waals surface area contributed by atoms with E-state index >= 15 is 0 Å². The summed E-state index contributed by atoms with van der Waals surface area (Å²) in [5, 5.41) is 6.98. The molecule has 3 nitrogen and oxygen atoms in total. The molecule has 0 radical (unpaired) electrons. The molecule has 2 rings (SSSR count). The number of benzene rings is 1. The number of methoxy groups -OCH3 is 1. The minimum atomic E-state index is -0.112. The van der Waals surface area contributed by atoms with Crippen LogP contribution in [0.4, 0.5) is 0 Å². The fourth-order valence-corrected chi connectivity index (χ4v) is 3.57. The average Bonchev–Trinajstić information content (AvgIpc) is 2.94. The lowest BCUT2D eigenvalue weighted by atomic mass is 9.88. The van der Waals surface area contributed by atoms with Crippen molar-refractivity contribution in [3.05, 3.63) is 52.0 Å². The first-order valence-electron chi connectivity index (χ1n) is 7.40. The van der Waals surface area contributed by atoms with Crippen molar-refractivity contribution in [3.63, 3.8) is 0 Å². The van der Waals surface area contributed by atoms with Gasteiger partial charge in [0.1, 0.15) is 5.01 Å². The minimum absolute atomic E-state index is 0.112. The van der Waals surface area contributed by atoms with Crippen molar-refractivity contribution in [1.82, 2.24) is 10.3 Å². The van der Waals surface area contributed by atoms with Crippen LogP contribution in [0.1, 0.15) is 29.6 Å². The molecule has 1 N–H and O–H groups in total. The monoisotopic (exact) mass is 304 g/mol. The number of nitrogens with one attached hydrogen (secondary N) is 1. The summed E-state index contributed by atoms with van der Waals surface area (Å²) in [6.45, 7) is 5.81. The van der Waals surface area contributed by atoms with Crippen LogP contribution >= 0.6 is 11.3 Å². The van der Waals surface area contributed by atoms with Crippen molar-refractivity contribution in [3.8, 4) is 0 Å². The topological polar surface area (TPSA) is 34.1 Å². The van der Waals surface area contributed by atoms with Gasteiger partial charge in [0.2, 0.25) is 0 Å². The molecule has 0 spiro atoms. The normalized spacial score (nSPS) is 14.0. The third kappa shape index (κ3) is 4.13. The fourth-order valence-electron chi connectivity index (χ4n) is 2.53. The zero-order chi connectivity index (χ0) is 15.1. The van der Waals surface area contributed by atoms with E-state index in [-0.39, 0.29) is 5.54 Å². The molecule has 114 valence electrons. The van der Waals surface area contributed by atoms with Gasteiger partial charge in [-0.05, 0) is 25.3 Å². The van der Waals surface area contributed by atoms with Gasteiger partial charge in [-0.15, -0.1) is 11.3 Å². The third-order valence-corrected chi connectivity index (χ3v) is 4.91. The largest absolute Gasteiger partial charge is 0.383 e. The number of thiazole rings is 1. The molecule has 0 saturated carbocycles.